The minimum Gasteiger partial charge on any atom is -0.497 e. The number of nitrogens with zero attached hydrogens (tertiary/aromatic N) is 3. The first-order valence-electron chi connectivity index (χ1n) is 9.02. The maximum atomic E-state index is 9.25. The number of fused-ring (bicyclic) bond motifs is 1. The van der Waals surface area contributed by atoms with Gasteiger partial charge in [0.05, 0.1) is 12.6 Å². The van der Waals surface area contributed by atoms with Gasteiger partial charge in [0.1, 0.15) is 29.2 Å². The summed E-state index contributed by atoms with van der Waals surface area (Å²) in [5.74, 6) is 2.39. The summed E-state index contributed by atoms with van der Waals surface area (Å²) in [6.07, 6.45) is 1.60. The van der Waals surface area contributed by atoms with E-state index in [9.17, 15) is 10.5 Å². The Kier molecular flexibility index (Phi) is 5.67. The summed E-state index contributed by atoms with van der Waals surface area (Å²) >= 11 is 0. The molecule has 1 aromatic heterocycles. The zero-order valence-corrected chi connectivity index (χ0v) is 16.1. The average Bonchev–Trinajstić information content (AvgIpc) is 2.99. The van der Waals surface area contributed by atoms with Gasteiger partial charge in [-0.05, 0) is 42.3 Å². The highest BCUT2D eigenvalue weighted by Gasteiger charge is 2.19. The molecule has 0 atom stereocenters. The van der Waals surface area contributed by atoms with Gasteiger partial charge < -0.3 is 14.0 Å². The number of ether oxygens (including phenoxy) is 2. The molecule has 5 nitrogen and oxygen atoms in total. The predicted molar refractivity (Wildman–Crippen MR) is 109 cm³/mol. The Bertz CT molecular complexity index is 1080. The van der Waals surface area contributed by atoms with E-state index in [4.69, 9.17) is 9.47 Å². The van der Waals surface area contributed by atoms with Crippen LogP contribution in [0.2, 0.25) is 0 Å². The lowest BCUT2D eigenvalue weighted by molar-refractivity contribution is 0.402. The molecule has 0 spiro atoms. The van der Waals surface area contributed by atoms with Crippen molar-refractivity contribution in [3.05, 3.63) is 59.7 Å². The van der Waals surface area contributed by atoms with E-state index in [1.807, 2.05) is 60.7 Å². The van der Waals surface area contributed by atoms with Gasteiger partial charge in [-0.1, -0.05) is 32.0 Å². The molecule has 0 fully saturated rings. The van der Waals surface area contributed by atoms with E-state index in [1.54, 1.807) is 13.2 Å². The first kappa shape index (κ1) is 19.1. The number of hydrogen-bond acceptors (Lipinski definition) is 4. The number of allylic oxidation sites excluding steroid dienone is 1. The van der Waals surface area contributed by atoms with E-state index in [0.29, 0.717) is 17.5 Å². The van der Waals surface area contributed by atoms with E-state index in [1.165, 1.54) is 0 Å². The summed E-state index contributed by atoms with van der Waals surface area (Å²) in [5.41, 5.74) is 1.76. The predicted octanol–water partition coefficient (Wildman–Crippen LogP) is 5.53. The second-order valence-corrected chi connectivity index (χ2v) is 6.80. The van der Waals surface area contributed by atoms with Crippen molar-refractivity contribution >= 4 is 17.0 Å². The molecule has 0 amide bonds. The highest BCUT2D eigenvalue weighted by molar-refractivity contribution is 5.94. The quantitative estimate of drug-likeness (QED) is 0.534. The van der Waals surface area contributed by atoms with Crippen LogP contribution in [0.25, 0.3) is 17.0 Å². The van der Waals surface area contributed by atoms with Gasteiger partial charge in [-0.2, -0.15) is 10.5 Å². The highest BCUT2D eigenvalue weighted by Crippen LogP contribution is 2.37. The first-order chi connectivity index (χ1) is 13.6. The summed E-state index contributed by atoms with van der Waals surface area (Å²) in [6, 6.07) is 19.1. The van der Waals surface area contributed by atoms with Gasteiger partial charge >= 0.3 is 0 Å². The number of para-hydroxylation sites is 1. The molecule has 0 saturated heterocycles. The number of aromatic nitrogens is 1. The molecule has 0 aliphatic rings. The molecule has 0 aliphatic heterocycles. The minimum atomic E-state index is 0.0343. The Morgan fingerprint density at radius 3 is 2.29 bits per heavy atom. The van der Waals surface area contributed by atoms with E-state index in [2.05, 4.69) is 18.4 Å². The van der Waals surface area contributed by atoms with Crippen molar-refractivity contribution in [3.8, 4) is 29.5 Å². The maximum Gasteiger partial charge on any atom is 0.208 e. The molecule has 140 valence electrons. The van der Waals surface area contributed by atoms with Crippen molar-refractivity contribution < 1.29 is 9.47 Å². The van der Waals surface area contributed by atoms with Crippen molar-refractivity contribution in [2.24, 2.45) is 5.92 Å². The third-order valence-corrected chi connectivity index (χ3v) is 4.31. The molecule has 2 aromatic carbocycles. The molecule has 3 rings (SSSR count). The monoisotopic (exact) mass is 371 g/mol. The third-order valence-electron chi connectivity index (χ3n) is 4.31. The molecule has 3 aromatic rings. The van der Waals surface area contributed by atoms with E-state index in [-0.39, 0.29) is 5.57 Å². The highest BCUT2D eigenvalue weighted by atomic mass is 16.5. The van der Waals surface area contributed by atoms with E-state index < -0.39 is 0 Å². The lowest BCUT2D eigenvalue weighted by atomic mass is 10.1. The molecule has 28 heavy (non-hydrogen) atoms. The Hall–Kier alpha value is -3.70. The van der Waals surface area contributed by atoms with Crippen molar-refractivity contribution in [1.82, 2.24) is 4.57 Å². The number of hydrogen-bond donors (Lipinski definition) is 0. The Morgan fingerprint density at radius 1 is 1.04 bits per heavy atom. The third kappa shape index (κ3) is 3.84. The number of rotatable bonds is 6. The molecule has 1 heterocycles. The van der Waals surface area contributed by atoms with Crippen molar-refractivity contribution in [1.29, 1.82) is 10.5 Å². The molecule has 0 radical (unpaired) electrons. The van der Waals surface area contributed by atoms with Crippen LogP contribution >= 0.6 is 0 Å². The zero-order valence-electron chi connectivity index (χ0n) is 16.1. The zero-order chi connectivity index (χ0) is 20.1. The Labute approximate surface area is 164 Å². The van der Waals surface area contributed by atoms with E-state index in [0.717, 1.165) is 28.8 Å². The molecule has 0 N–H and O–H groups in total. The average molecular weight is 371 g/mol. The second kappa shape index (κ2) is 8.33. The van der Waals surface area contributed by atoms with Crippen LogP contribution in [0, 0.1) is 28.6 Å². The largest absolute Gasteiger partial charge is 0.497 e. The van der Waals surface area contributed by atoms with Crippen LogP contribution in [0.3, 0.4) is 0 Å². The SMILES string of the molecule is COc1ccc(Oc2c(C=C(C#N)C#N)c3ccccc3n2CC(C)C)cc1. The number of nitriles is 2. The smallest absolute Gasteiger partial charge is 0.208 e. The van der Waals surface area contributed by atoms with Crippen LogP contribution in [-0.2, 0) is 6.54 Å². The normalized spacial score (nSPS) is 10.4. The lowest BCUT2D eigenvalue weighted by Gasteiger charge is -2.14. The van der Waals surface area contributed by atoms with Crippen LogP contribution in [0.1, 0.15) is 19.4 Å². The molecular weight excluding hydrogens is 350 g/mol. The number of methoxy groups -OCH3 is 1. The lowest BCUT2D eigenvalue weighted by Crippen LogP contribution is -2.06. The van der Waals surface area contributed by atoms with Crippen molar-refractivity contribution in [2.45, 2.75) is 20.4 Å². The van der Waals surface area contributed by atoms with Gasteiger partial charge in [0.25, 0.3) is 0 Å². The van der Waals surface area contributed by atoms with Gasteiger partial charge in [-0.25, -0.2) is 0 Å². The molecular formula is C23H21N3O2. The molecule has 0 bridgehead atoms. The van der Waals surface area contributed by atoms with Crippen molar-refractivity contribution in [2.75, 3.05) is 7.11 Å². The fourth-order valence-electron chi connectivity index (χ4n) is 3.09. The fraction of sp³-hybridized carbons (Fsp3) is 0.217. The van der Waals surface area contributed by atoms with Crippen LogP contribution in [0.5, 0.6) is 17.4 Å². The summed E-state index contributed by atoms with van der Waals surface area (Å²) in [5, 5.41) is 19.4. The van der Waals surface area contributed by atoms with Crippen LogP contribution in [0.15, 0.2) is 54.1 Å². The first-order valence-corrected chi connectivity index (χ1v) is 9.02. The van der Waals surface area contributed by atoms with Gasteiger partial charge in [0.2, 0.25) is 5.88 Å². The summed E-state index contributed by atoms with van der Waals surface area (Å²) in [6.45, 7) is 5.02. The number of benzene rings is 2. The topological polar surface area (TPSA) is 71.0 Å². The summed E-state index contributed by atoms with van der Waals surface area (Å²) < 4.78 is 13.6. The Balaban J connectivity index is 2.23. The maximum absolute atomic E-state index is 9.25. The van der Waals surface area contributed by atoms with Gasteiger partial charge in [-0.3, -0.25) is 0 Å². The second-order valence-electron chi connectivity index (χ2n) is 6.80. The van der Waals surface area contributed by atoms with Crippen molar-refractivity contribution in [3.63, 3.8) is 0 Å². The summed E-state index contributed by atoms with van der Waals surface area (Å²) in [4.78, 5) is 0. The van der Waals surface area contributed by atoms with Crippen LogP contribution in [0.4, 0.5) is 0 Å². The fourth-order valence-corrected chi connectivity index (χ4v) is 3.09. The minimum absolute atomic E-state index is 0.0343. The molecule has 0 aliphatic carbocycles. The van der Waals surface area contributed by atoms with Crippen LogP contribution < -0.4 is 9.47 Å². The van der Waals surface area contributed by atoms with Gasteiger partial charge in [0, 0.05) is 17.5 Å². The standard InChI is InChI=1S/C23H21N3O2/c1-16(2)15-26-22-7-5-4-6-20(22)21(12-17(13-24)14-25)23(26)28-19-10-8-18(27-3)9-11-19/h4-12,16H,15H2,1-3H3. The van der Waals surface area contributed by atoms with Gasteiger partial charge in [0.15, 0.2) is 0 Å². The molecule has 0 unspecified atom stereocenters. The van der Waals surface area contributed by atoms with Gasteiger partial charge in [-0.15, -0.1) is 0 Å². The molecule has 0 saturated carbocycles. The van der Waals surface area contributed by atoms with Crippen LogP contribution in [-0.4, -0.2) is 11.7 Å². The summed E-state index contributed by atoms with van der Waals surface area (Å²) in [7, 11) is 1.62. The molecule has 5 heteroatoms. The Morgan fingerprint density at radius 2 is 1.68 bits per heavy atom. The van der Waals surface area contributed by atoms with E-state index >= 15 is 0 Å².